The first kappa shape index (κ1) is 23.0. The molecule has 3 heteroatoms. The average molecular weight is 388 g/mol. The second-order valence-electron chi connectivity index (χ2n) is 10.1. The van der Waals surface area contributed by atoms with Crippen LogP contribution in [0.2, 0.25) is 0 Å². The maximum absolute atomic E-state index is 5.99. The van der Waals surface area contributed by atoms with E-state index in [0.29, 0.717) is 12.1 Å². The molecule has 0 N–H and O–H groups in total. The maximum Gasteiger partial charge on any atom is 0.120 e. The Balaban J connectivity index is 2.12. The molecule has 1 aromatic carbocycles. The first-order valence-electron chi connectivity index (χ1n) is 10.7. The SMILES string of the molecule is COC1CCN(C(C=C(C)C)CC(C)(C)c2ccc(OC(C)(C)C)cc2)CC1. The summed E-state index contributed by atoms with van der Waals surface area (Å²) in [6.45, 7) is 17.6. The van der Waals surface area contributed by atoms with Crippen molar-refractivity contribution in [2.75, 3.05) is 20.2 Å². The van der Waals surface area contributed by atoms with Gasteiger partial charge in [-0.05, 0) is 77.0 Å². The summed E-state index contributed by atoms with van der Waals surface area (Å²) in [4.78, 5) is 2.64. The fourth-order valence-corrected chi connectivity index (χ4v) is 4.09. The molecule has 3 nitrogen and oxygen atoms in total. The van der Waals surface area contributed by atoms with Crippen LogP contribution in [0.5, 0.6) is 5.75 Å². The van der Waals surface area contributed by atoms with Crippen LogP contribution in [0.15, 0.2) is 35.9 Å². The zero-order chi connectivity index (χ0) is 20.9. The van der Waals surface area contributed by atoms with Gasteiger partial charge in [-0.1, -0.05) is 37.6 Å². The predicted molar refractivity (Wildman–Crippen MR) is 119 cm³/mol. The number of piperidine rings is 1. The van der Waals surface area contributed by atoms with Gasteiger partial charge in [0.1, 0.15) is 11.4 Å². The van der Waals surface area contributed by atoms with Gasteiger partial charge >= 0.3 is 0 Å². The lowest BCUT2D eigenvalue weighted by Crippen LogP contribution is -2.44. The van der Waals surface area contributed by atoms with E-state index in [2.05, 4.69) is 83.7 Å². The minimum Gasteiger partial charge on any atom is -0.488 e. The summed E-state index contributed by atoms with van der Waals surface area (Å²) in [5.74, 6) is 0.939. The highest BCUT2D eigenvalue weighted by Gasteiger charge is 2.30. The van der Waals surface area contributed by atoms with E-state index < -0.39 is 0 Å². The van der Waals surface area contributed by atoms with Crippen molar-refractivity contribution >= 4 is 0 Å². The lowest BCUT2D eigenvalue weighted by atomic mass is 9.78. The summed E-state index contributed by atoms with van der Waals surface area (Å²) in [7, 11) is 1.84. The number of ether oxygens (including phenoxy) is 2. The number of nitrogens with zero attached hydrogens (tertiary/aromatic N) is 1. The predicted octanol–water partition coefficient (Wildman–Crippen LogP) is 5.98. The van der Waals surface area contributed by atoms with Gasteiger partial charge < -0.3 is 9.47 Å². The maximum atomic E-state index is 5.99. The van der Waals surface area contributed by atoms with Gasteiger partial charge in [-0.15, -0.1) is 0 Å². The van der Waals surface area contributed by atoms with E-state index in [4.69, 9.17) is 9.47 Å². The molecule has 1 unspecified atom stereocenters. The topological polar surface area (TPSA) is 21.7 Å². The van der Waals surface area contributed by atoms with Crippen LogP contribution in [-0.4, -0.2) is 42.8 Å². The standard InChI is InChI=1S/C25H41NO2/c1-19(2)17-21(26-15-13-22(27-8)14-16-26)18-25(6,7)20-9-11-23(12-10-20)28-24(3,4)5/h9-12,17,21-22H,13-16,18H2,1-8H3. The van der Waals surface area contributed by atoms with E-state index in [1.54, 1.807) is 0 Å². The Bertz CT molecular complexity index is 628. The molecule has 1 atom stereocenters. The molecule has 0 amide bonds. The van der Waals surface area contributed by atoms with Gasteiger partial charge in [0, 0.05) is 26.2 Å². The quantitative estimate of drug-likeness (QED) is 0.537. The zero-order valence-corrected chi connectivity index (χ0v) is 19.3. The van der Waals surface area contributed by atoms with E-state index in [1.165, 1.54) is 11.1 Å². The highest BCUT2D eigenvalue weighted by atomic mass is 16.5. The molecule has 2 rings (SSSR count). The molecule has 0 spiro atoms. The van der Waals surface area contributed by atoms with Crippen LogP contribution in [0.4, 0.5) is 0 Å². The Hall–Kier alpha value is -1.32. The van der Waals surface area contributed by atoms with Crippen LogP contribution in [-0.2, 0) is 10.2 Å². The van der Waals surface area contributed by atoms with Crippen LogP contribution in [0.25, 0.3) is 0 Å². The molecular weight excluding hydrogens is 346 g/mol. The minimum absolute atomic E-state index is 0.0922. The molecule has 1 aliphatic rings. The Morgan fingerprint density at radius 3 is 2.11 bits per heavy atom. The van der Waals surface area contributed by atoms with Crippen molar-refractivity contribution in [3.63, 3.8) is 0 Å². The first-order valence-corrected chi connectivity index (χ1v) is 10.7. The molecule has 0 radical (unpaired) electrons. The van der Waals surface area contributed by atoms with Crippen molar-refractivity contribution in [2.24, 2.45) is 0 Å². The lowest BCUT2D eigenvalue weighted by molar-refractivity contribution is 0.0299. The molecule has 28 heavy (non-hydrogen) atoms. The molecular formula is C25H41NO2. The first-order chi connectivity index (χ1) is 13.0. The highest BCUT2D eigenvalue weighted by molar-refractivity contribution is 5.32. The number of hydrogen-bond acceptors (Lipinski definition) is 3. The van der Waals surface area contributed by atoms with Crippen LogP contribution in [0, 0.1) is 0 Å². The smallest absolute Gasteiger partial charge is 0.120 e. The number of allylic oxidation sites excluding steroid dienone is 1. The summed E-state index contributed by atoms with van der Waals surface area (Å²) in [5.41, 5.74) is 2.69. The third-order valence-corrected chi connectivity index (χ3v) is 5.58. The second kappa shape index (κ2) is 9.45. The van der Waals surface area contributed by atoms with Crippen LogP contribution in [0.1, 0.15) is 73.3 Å². The fraction of sp³-hybridized carbons (Fsp3) is 0.680. The molecule has 0 aliphatic carbocycles. The minimum atomic E-state index is -0.167. The van der Waals surface area contributed by atoms with Gasteiger partial charge in [-0.25, -0.2) is 0 Å². The van der Waals surface area contributed by atoms with E-state index in [9.17, 15) is 0 Å². The van der Waals surface area contributed by atoms with Gasteiger partial charge in [0.15, 0.2) is 0 Å². The molecule has 0 bridgehead atoms. The Labute approximate surface area is 173 Å². The molecule has 1 heterocycles. The Morgan fingerprint density at radius 2 is 1.64 bits per heavy atom. The zero-order valence-electron chi connectivity index (χ0n) is 19.3. The number of methoxy groups -OCH3 is 1. The molecule has 1 saturated heterocycles. The van der Waals surface area contributed by atoms with Crippen LogP contribution >= 0.6 is 0 Å². The van der Waals surface area contributed by atoms with Gasteiger partial charge in [0.05, 0.1) is 6.10 Å². The largest absolute Gasteiger partial charge is 0.488 e. The van der Waals surface area contributed by atoms with Crippen molar-refractivity contribution in [3.05, 3.63) is 41.5 Å². The summed E-state index contributed by atoms with van der Waals surface area (Å²) in [6.07, 6.45) is 6.24. The lowest BCUT2D eigenvalue weighted by Gasteiger charge is -2.40. The Morgan fingerprint density at radius 1 is 1.07 bits per heavy atom. The van der Waals surface area contributed by atoms with Gasteiger partial charge in [0.25, 0.3) is 0 Å². The van der Waals surface area contributed by atoms with Gasteiger partial charge in [0.2, 0.25) is 0 Å². The molecule has 1 aliphatic heterocycles. The monoisotopic (exact) mass is 387 g/mol. The molecule has 1 aromatic rings. The van der Waals surface area contributed by atoms with Gasteiger partial charge in [-0.3, -0.25) is 4.90 Å². The summed E-state index contributed by atoms with van der Waals surface area (Å²) in [5, 5.41) is 0. The molecule has 1 fully saturated rings. The number of hydrogen-bond donors (Lipinski definition) is 0. The van der Waals surface area contributed by atoms with Crippen molar-refractivity contribution in [2.45, 2.75) is 90.9 Å². The summed E-state index contributed by atoms with van der Waals surface area (Å²) < 4.78 is 11.6. The number of likely N-dealkylation sites (tertiary alicyclic amines) is 1. The number of benzene rings is 1. The van der Waals surface area contributed by atoms with E-state index >= 15 is 0 Å². The third kappa shape index (κ3) is 6.93. The van der Waals surface area contributed by atoms with E-state index in [1.807, 2.05) is 7.11 Å². The van der Waals surface area contributed by atoms with Crippen LogP contribution < -0.4 is 4.74 Å². The van der Waals surface area contributed by atoms with Crippen molar-refractivity contribution in [3.8, 4) is 5.75 Å². The fourth-order valence-electron chi connectivity index (χ4n) is 4.09. The van der Waals surface area contributed by atoms with Crippen molar-refractivity contribution in [1.82, 2.24) is 4.90 Å². The average Bonchev–Trinajstić information content (AvgIpc) is 2.60. The molecule has 0 saturated carbocycles. The molecule has 0 aromatic heterocycles. The van der Waals surface area contributed by atoms with Crippen molar-refractivity contribution < 1.29 is 9.47 Å². The summed E-state index contributed by atoms with van der Waals surface area (Å²) in [6, 6.07) is 9.16. The number of rotatable bonds is 7. The second-order valence-corrected chi connectivity index (χ2v) is 10.1. The van der Waals surface area contributed by atoms with Gasteiger partial charge in [-0.2, -0.15) is 0 Å². The summed E-state index contributed by atoms with van der Waals surface area (Å²) >= 11 is 0. The normalized spacial score (nSPS) is 18.0. The van der Waals surface area contributed by atoms with Crippen LogP contribution in [0.3, 0.4) is 0 Å². The molecule has 158 valence electrons. The van der Waals surface area contributed by atoms with E-state index in [-0.39, 0.29) is 11.0 Å². The van der Waals surface area contributed by atoms with E-state index in [0.717, 1.165) is 38.1 Å². The highest BCUT2D eigenvalue weighted by Crippen LogP contribution is 2.33. The third-order valence-electron chi connectivity index (χ3n) is 5.58. The Kier molecular flexibility index (Phi) is 7.75. The van der Waals surface area contributed by atoms with Crippen molar-refractivity contribution in [1.29, 1.82) is 0 Å².